The van der Waals surface area contributed by atoms with Gasteiger partial charge in [0.05, 0.1) is 5.52 Å². The Kier molecular flexibility index (Phi) is 4.18. The Labute approximate surface area is 165 Å². The van der Waals surface area contributed by atoms with Crippen molar-refractivity contribution in [3.63, 3.8) is 0 Å². The molecule has 1 aliphatic carbocycles. The van der Waals surface area contributed by atoms with Gasteiger partial charge in [-0.1, -0.05) is 11.3 Å². The maximum Gasteiger partial charge on any atom is 0.248 e. The summed E-state index contributed by atoms with van der Waals surface area (Å²) in [4.78, 5) is 12.2. The SMILES string of the molecule is CCn1nnc2ccc(-c3c[nH]c4nc(NC5CCC(F)(F)CC5)ncc34)cc21. The van der Waals surface area contributed by atoms with Crippen LogP contribution in [0, 0.1) is 0 Å². The smallest absolute Gasteiger partial charge is 0.248 e. The zero-order valence-corrected chi connectivity index (χ0v) is 16.0. The van der Waals surface area contributed by atoms with Crippen LogP contribution in [0.15, 0.2) is 30.6 Å². The Morgan fingerprint density at radius 2 is 2.10 bits per heavy atom. The van der Waals surface area contributed by atoms with Crippen molar-refractivity contribution in [1.29, 1.82) is 0 Å². The molecule has 1 aliphatic rings. The van der Waals surface area contributed by atoms with Crippen molar-refractivity contribution in [1.82, 2.24) is 29.9 Å². The summed E-state index contributed by atoms with van der Waals surface area (Å²) in [6.07, 6.45) is 4.34. The van der Waals surface area contributed by atoms with Crippen LogP contribution in [-0.2, 0) is 6.54 Å². The van der Waals surface area contributed by atoms with E-state index in [9.17, 15) is 8.78 Å². The van der Waals surface area contributed by atoms with Gasteiger partial charge in [0.25, 0.3) is 0 Å². The summed E-state index contributed by atoms with van der Waals surface area (Å²) in [5, 5.41) is 12.4. The zero-order valence-electron chi connectivity index (χ0n) is 16.0. The number of aromatic amines is 1. The second-order valence-corrected chi connectivity index (χ2v) is 7.54. The molecule has 0 aliphatic heterocycles. The van der Waals surface area contributed by atoms with Gasteiger partial charge in [0.2, 0.25) is 11.9 Å². The fourth-order valence-corrected chi connectivity index (χ4v) is 3.95. The van der Waals surface area contributed by atoms with Crippen molar-refractivity contribution in [3.05, 3.63) is 30.6 Å². The summed E-state index contributed by atoms with van der Waals surface area (Å²) in [6.45, 7) is 2.78. The molecule has 9 heteroatoms. The van der Waals surface area contributed by atoms with Crippen LogP contribution in [0.1, 0.15) is 32.6 Å². The van der Waals surface area contributed by atoms with Gasteiger partial charge < -0.3 is 10.3 Å². The number of nitrogens with zero attached hydrogens (tertiary/aromatic N) is 5. The number of anilines is 1. The molecule has 0 radical (unpaired) electrons. The molecule has 0 amide bonds. The molecule has 0 saturated heterocycles. The number of H-pyrrole nitrogens is 1. The monoisotopic (exact) mass is 397 g/mol. The maximum atomic E-state index is 13.3. The van der Waals surface area contributed by atoms with Crippen LogP contribution in [0.2, 0.25) is 0 Å². The Morgan fingerprint density at radius 3 is 2.90 bits per heavy atom. The number of fused-ring (bicyclic) bond motifs is 2. The molecule has 150 valence electrons. The number of hydrogen-bond acceptors (Lipinski definition) is 5. The molecule has 0 bridgehead atoms. The van der Waals surface area contributed by atoms with Gasteiger partial charge in [-0.2, -0.15) is 4.98 Å². The first-order valence-electron chi connectivity index (χ1n) is 9.84. The lowest BCUT2D eigenvalue weighted by Crippen LogP contribution is -2.32. The quantitative estimate of drug-likeness (QED) is 0.534. The van der Waals surface area contributed by atoms with Gasteiger partial charge in [-0.05, 0) is 37.5 Å². The molecule has 0 unspecified atom stereocenters. The molecular formula is C20H21F2N7. The standard InChI is InChI=1S/C20H21F2N7/c1-2-29-17-9-12(3-4-16(17)27-28-29)14-10-23-18-15(14)11-24-19(26-18)25-13-5-7-20(21,22)8-6-13/h3-4,9-11,13H,2,5-8H2,1H3,(H2,23,24,25,26). The van der Waals surface area contributed by atoms with E-state index in [0.29, 0.717) is 24.4 Å². The minimum Gasteiger partial charge on any atom is -0.351 e. The van der Waals surface area contributed by atoms with Crippen LogP contribution in [-0.4, -0.2) is 41.9 Å². The van der Waals surface area contributed by atoms with Crippen LogP contribution >= 0.6 is 0 Å². The Morgan fingerprint density at radius 1 is 1.28 bits per heavy atom. The molecule has 4 aromatic rings. The molecule has 3 heterocycles. The van der Waals surface area contributed by atoms with Crippen LogP contribution in [0.4, 0.5) is 14.7 Å². The highest BCUT2D eigenvalue weighted by Crippen LogP contribution is 2.34. The molecule has 7 nitrogen and oxygen atoms in total. The minimum atomic E-state index is -2.54. The van der Waals surface area contributed by atoms with Crippen LogP contribution in [0.25, 0.3) is 33.2 Å². The van der Waals surface area contributed by atoms with E-state index in [1.54, 1.807) is 6.20 Å². The highest BCUT2D eigenvalue weighted by Gasteiger charge is 2.35. The summed E-state index contributed by atoms with van der Waals surface area (Å²) < 4.78 is 28.5. The number of nitrogens with one attached hydrogen (secondary N) is 2. The van der Waals surface area contributed by atoms with E-state index in [1.165, 1.54) is 0 Å². The average molecular weight is 397 g/mol. The van der Waals surface area contributed by atoms with E-state index in [2.05, 4.69) is 36.6 Å². The number of hydrogen-bond donors (Lipinski definition) is 2. The lowest BCUT2D eigenvalue weighted by Gasteiger charge is -2.28. The van der Waals surface area contributed by atoms with Gasteiger partial charge in [0.1, 0.15) is 11.2 Å². The Balaban J connectivity index is 1.42. The average Bonchev–Trinajstić information content (AvgIpc) is 3.32. The third-order valence-electron chi connectivity index (χ3n) is 5.61. The van der Waals surface area contributed by atoms with Crippen molar-refractivity contribution >= 4 is 28.0 Å². The van der Waals surface area contributed by atoms with Crippen molar-refractivity contribution in [3.8, 4) is 11.1 Å². The molecule has 0 atom stereocenters. The number of aryl methyl sites for hydroxylation is 1. The second kappa shape index (κ2) is 6.75. The van der Waals surface area contributed by atoms with Crippen molar-refractivity contribution < 1.29 is 8.78 Å². The Bertz CT molecular complexity index is 1170. The molecule has 0 spiro atoms. The van der Waals surface area contributed by atoms with Gasteiger partial charge in [-0.3, -0.25) is 0 Å². The van der Waals surface area contributed by atoms with Crippen LogP contribution < -0.4 is 5.32 Å². The van der Waals surface area contributed by atoms with Crippen molar-refractivity contribution in [2.24, 2.45) is 0 Å². The highest BCUT2D eigenvalue weighted by molar-refractivity contribution is 5.95. The first kappa shape index (κ1) is 18.0. The van der Waals surface area contributed by atoms with Gasteiger partial charge in [-0.25, -0.2) is 18.4 Å². The number of halogens is 2. The van der Waals surface area contributed by atoms with E-state index >= 15 is 0 Å². The summed E-state index contributed by atoms with van der Waals surface area (Å²) in [6, 6.07) is 6.01. The third kappa shape index (κ3) is 3.30. The van der Waals surface area contributed by atoms with Gasteiger partial charge in [0.15, 0.2) is 0 Å². The lowest BCUT2D eigenvalue weighted by molar-refractivity contribution is -0.0361. The van der Waals surface area contributed by atoms with E-state index in [0.717, 1.165) is 34.1 Å². The molecule has 1 saturated carbocycles. The highest BCUT2D eigenvalue weighted by atomic mass is 19.3. The summed E-state index contributed by atoms with van der Waals surface area (Å²) in [5.74, 6) is -2.08. The van der Waals surface area contributed by atoms with E-state index in [-0.39, 0.29) is 18.9 Å². The normalized spacial score (nSPS) is 17.2. The lowest BCUT2D eigenvalue weighted by atomic mass is 9.92. The topological polar surface area (TPSA) is 84.3 Å². The summed E-state index contributed by atoms with van der Waals surface area (Å²) >= 11 is 0. The molecule has 1 fully saturated rings. The number of alkyl halides is 2. The minimum absolute atomic E-state index is 0.0225. The fraction of sp³-hybridized carbons (Fsp3) is 0.400. The molecule has 2 N–H and O–H groups in total. The fourth-order valence-electron chi connectivity index (χ4n) is 3.95. The van der Waals surface area contributed by atoms with Crippen molar-refractivity contribution in [2.45, 2.75) is 51.1 Å². The van der Waals surface area contributed by atoms with Gasteiger partial charge >= 0.3 is 0 Å². The molecular weight excluding hydrogens is 376 g/mol. The number of rotatable bonds is 4. The van der Waals surface area contributed by atoms with Crippen LogP contribution in [0.5, 0.6) is 0 Å². The van der Waals surface area contributed by atoms with Gasteiger partial charge in [-0.15, -0.1) is 5.10 Å². The molecule has 1 aromatic carbocycles. The number of aromatic nitrogens is 6. The number of benzene rings is 1. The second-order valence-electron chi connectivity index (χ2n) is 7.54. The molecule has 3 aromatic heterocycles. The zero-order chi connectivity index (χ0) is 20.0. The Hall–Kier alpha value is -3.10. The summed E-state index contributed by atoms with van der Waals surface area (Å²) in [7, 11) is 0. The van der Waals surface area contributed by atoms with E-state index in [1.807, 2.05) is 29.9 Å². The molecule has 29 heavy (non-hydrogen) atoms. The maximum absolute atomic E-state index is 13.3. The largest absolute Gasteiger partial charge is 0.351 e. The first-order chi connectivity index (χ1) is 14.0. The predicted octanol–water partition coefficient (Wildman–Crippen LogP) is 4.38. The molecule has 5 rings (SSSR count). The van der Waals surface area contributed by atoms with E-state index < -0.39 is 5.92 Å². The summed E-state index contributed by atoms with van der Waals surface area (Å²) in [5.41, 5.74) is 4.57. The third-order valence-corrected chi connectivity index (χ3v) is 5.61. The van der Waals surface area contributed by atoms with E-state index in [4.69, 9.17) is 0 Å². The van der Waals surface area contributed by atoms with Gasteiger partial charge in [0, 0.05) is 48.8 Å². The van der Waals surface area contributed by atoms with Crippen LogP contribution in [0.3, 0.4) is 0 Å². The van der Waals surface area contributed by atoms with Crippen molar-refractivity contribution in [2.75, 3.05) is 5.32 Å². The predicted molar refractivity (Wildman–Crippen MR) is 107 cm³/mol. The first-order valence-corrected chi connectivity index (χ1v) is 9.84.